The van der Waals surface area contributed by atoms with Crippen LogP contribution in [0.25, 0.3) is 0 Å². The molecule has 0 saturated carbocycles. The third-order valence-corrected chi connectivity index (χ3v) is 5.19. The Morgan fingerprint density at radius 1 is 1.13 bits per heavy atom. The summed E-state index contributed by atoms with van der Waals surface area (Å²) in [6.07, 6.45) is -2.96. The van der Waals surface area contributed by atoms with E-state index in [-0.39, 0.29) is 23.9 Å². The fourth-order valence-electron chi connectivity index (χ4n) is 3.37. The molecule has 1 aromatic carbocycles. The Kier molecular flexibility index (Phi) is 6.23. The number of piperazine rings is 1. The van der Waals surface area contributed by atoms with Gasteiger partial charge >= 0.3 is 6.18 Å². The number of carbonyl (C=O) groups excluding carboxylic acids is 1. The monoisotopic (exact) mass is 422 g/mol. The molecule has 2 aromatic rings. The number of nitrogens with zero attached hydrogens (tertiary/aromatic N) is 4. The lowest BCUT2D eigenvalue weighted by atomic mass is 9.96. The third kappa shape index (κ3) is 5.05. The van der Waals surface area contributed by atoms with Gasteiger partial charge in [-0.1, -0.05) is 19.1 Å². The highest BCUT2D eigenvalue weighted by Crippen LogP contribution is 2.31. The summed E-state index contributed by atoms with van der Waals surface area (Å²) in [5, 5.41) is 10.7. The van der Waals surface area contributed by atoms with Crippen LogP contribution in [0.5, 0.6) is 0 Å². The molecule has 2 heterocycles. The second-order valence-corrected chi connectivity index (χ2v) is 7.22. The molecule has 1 saturated heterocycles. The number of nitro groups is 1. The minimum atomic E-state index is -4.38. The van der Waals surface area contributed by atoms with Gasteiger partial charge in [-0.25, -0.2) is 4.98 Å². The summed E-state index contributed by atoms with van der Waals surface area (Å²) in [6.45, 7) is 3.88. The van der Waals surface area contributed by atoms with Crippen LogP contribution in [-0.4, -0.2) is 46.9 Å². The normalized spacial score (nSPS) is 15.7. The summed E-state index contributed by atoms with van der Waals surface area (Å²) >= 11 is 0. The molecule has 1 aliphatic heterocycles. The molecule has 1 atom stereocenters. The van der Waals surface area contributed by atoms with Gasteiger partial charge in [0.2, 0.25) is 5.91 Å². The maximum Gasteiger partial charge on any atom is 0.416 e. The van der Waals surface area contributed by atoms with E-state index in [2.05, 4.69) is 4.98 Å². The maximum atomic E-state index is 12.7. The molecule has 1 aromatic heterocycles. The van der Waals surface area contributed by atoms with Gasteiger partial charge in [-0.05, 0) is 29.7 Å². The summed E-state index contributed by atoms with van der Waals surface area (Å²) in [5.74, 6) is 0.360. The van der Waals surface area contributed by atoms with Crippen molar-refractivity contribution >= 4 is 17.4 Å². The van der Waals surface area contributed by atoms with Crippen molar-refractivity contribution < 1.29 is 22.9 Å². The van der Waals surface area contributed by atoms with Crippen LogP contribution in [-0.2, 0) is 11.0 Å². The number of hydrogen-bond acceptors (Lipinski definition) is 5. The van der Waals surface area contributed by atoms with Gasteiger partial charge in [-0.15, -0.1) is 0 Å². The number of hydrogen-bond donors (Lipinski definition) is 0. The van der Waals surface area contributed by atoms with Crippen LogP contribution in [0.4, 0.5) is 24.7 Å². The number of rotatable bonds is 5. The lowest BCUT2D eigenvalue weighted by molar-refractivity contribution is -0.385. The van der Waals surface area contributed by atoms with E-state index in [0.717, 1.165) is 12.1 Å². The molecule has 7 nitrogen and oxygen atoms in total. The molecule has 1 amide bonds. The molecule has 1 fully saturated rings. The SMILES string of the molecule is CC(CC(=O)N1CCN(c2ccc([N+](=O)[O-])cn2)CC1)c1ccc(C(F)(F)F)cc1. The van der Waals surface area contributed by atoms with Gasteiger partial charge in [0.15, 0.2) is 0 Å². The number of carbonyl (C=O) groups is 1. The molecule has 3 rings (SSSR count). The van der Waals surface area contributed by atoms with Crippen molar-refractivity contribution in [2.24, 2.45) is 0 Å². The number of benzene rings is 1. The van der Waals surface area contributed by atoms with Crippen LogP contribution in [0.1, 0.15) is 30.4 Å². The summed E-state index contributed by atoms with van der Waals surface area (Å²) in [6, 6.07) is 7.88. The zero-order valence-corrected chi connectivity index (χ0v) is 16.3. The Morgan fingerprint density at radius 2 is 1.77 bits per heavy atom. The van der Waals surface area contributed by atoms with Crippen LogP contribution < -0.4 is 4.90 Å². The van der Waals surface area contributed by atoms with E-state index in [1.54, 1.807) is 11.0 Å². The maximum absolute atomic E-state index is 12.7. The fourth-order valence-corrected chi connectivity index (χ4v) is 3.37. The van der Waals surface area contributed by atoms with E-state index < -0.39 is 16.7 Å². The van der Waals surface area contributed by atoms with E-state index in [1.807, 2.05) is 11.8 Å². The fraction of sp³-hybridized carbons (Fsp3) is 0.400. The molecule has 10 heteroatoms. The van der Waals surface area contributed by atoms with E-state index in [4.69, 9.17) is 0 Å². The van der Waals surface area contributed by atoms with E-state index in [1.165, 1.54) is 24.4 Å². The third-order valence-electron chi connectivity index (χ3n) is 5.19. The molecule has 0 bridgehead atoms. The van der Waals surface area contributed by atoms with E-state index in [0.29, 0.717) is 37.6 Å². The molecule has 30 heavy (non-hydrogen) atoms. The largest absolute Gasteiger partial charge is 0.416 e. The average molecular weight is 422 g/mol. The molecule has 0 N–H and O–H groups in total. The highest BCUT2D eigenvalue weighted by atomic mass is 19.4. The van der Waals surface area contributed by atoms with Gasteiger partial charge in [0.25, 0.3) is 5.69 Å². The number of amides is 1. The molecule has 1 aliphatic rings. The first-order chi connectivity index (χ1) is 14.1. The molecule has 0 radical (unpaired) electrons. The first-order valence-electron chi connectivity index (χ1n) is 9.45. The van der Waals surface area contributed by atoms with Gasteiger partial charge in [0.1, 0.15) is 12.0 Å². The van der Waals surface area contributed by atoms with Crippen LogP contribution in [0.2, 0.25) is 0 Å². The smallest absolute Gasteiger partial charge is 0.353 e. The van der Waals surface area contributed by atoms with Gasteiger partial charge in [-0.2, -0.15) is 13.2 Å². The molecule has 0 aliphatic carbocycles. The second-order valence-electron chi connectivity index (χ2n) is 7.22. The number of aromatic nitrogens is 1. The van der Waals surface area contributed by atoms with Crippen molar-refractivity contribution in [2.75, 3.05) is 31.1 Å². The quantitative estimate of drug-likeness (QED) is 0.540. The molecule has 1 unspecified atom stereocenters. The molecular weight excluding hydrogens is 401 g/mol. The Hall–Kier alpha value is -3.17. The summed E-state index contributed by atoms with van der Waals surface area (Å²) < 4.78 is 38.1. The Bertz CT molecular complexity index is 893. The van der Waals surface area contributed by atoms with Gasteiger partial charge in [0, 0.05) is 38.7 Å². The van der Waals surface area contributed by atoms with Gasteiger partial charge in [-0.3, -0.25) is 14.9 Å². The minimum Gasteiger partial charge on any atom is -0.353 e. The summed E-state index contributed by atoms with van der Waals surface area (Å²) in [5.41, 5.74) is -0.101. The minimum absolute atomic E-state index is 0.0568. The lowest BCUT2D eigenvalue weighted by Crippen LogP contribution is -2.49. The predicted molar refractivity (Wildman–Crippen MR) is 104 cm³/mol. The predicted octanol–water partition coefficient (Wildman–Crippen LogP) is 3.85. The van der Waals surface area contributed by atoms with Crippen LogP contribution in [0.3, 0.4) is 0 Å². The number of alkyl halides is 3. The first-order valence-corrected chi connectivity index (χ1v) is 9.45. The topological polar surface area (TPSA) is 79.6 Å². The molecular formula is C20H21F3N4O3. The average Bonchev–Trinajstić information content (AvgIpc) is 2.73. The van der Waals surface area contributed by atoms with Crippen LogP contribution >= 0.6 is 0 Å². The van der Waals surface area contributed by atoms with Crippen molar-refractivity contribution in [3.05, 3.63) is 63.8 Å². The Morgan fingerprint density at radius 3 is 2.27 bits per heavy atom. The zero-order chi connectivity index (χ0) is 21.9. The van der Waals surface area contributed by atoms with Crippen molar-refractivity contribution in [1.82, 2.24) is 9.88 Å². The van der Waals surface area contributed by atoms with E-state index in [9.17, 15) is 28.1 Å². The van der Waals surface area contributed by atoms with Crippen molar-refractivity contribution in [1.29, 1.82) is 0 Å². The van der Waals surface area contributed by atoms with Gasteiger partial charge < -0.3 is 9.80 Å². The summed E-state index contributed by atoms with van der Waals surface area (Å²) in [4.78, 5) is 30.6. The second kappa shape index (κ2) is 8.68. The van der Waals surface area contributed by atoms with Crippen molar-refractivity contribution in [2.45, 2.75) is 25.4 Å². The summed E-state index contributed by atoms with van der Waals surface area (Å²) in [7, 11) is 0. The Labute approximate surface area is 171 Å². The number of anilines is 1. The lowest BCUT2D eigenvalue weighted by Gasteiger charge is -2.35. The zero-order valence-electron chi connectivity index (χ0n) is 16.3. The van der Waals surface area contributed by atoms with Gasteiger partial charge in [0.05, 0.1) is 10.5 Å². The molecule has 0 spiro atoms. The standard InChI is InChI=1S/C20H21F3N4O3/c1-14(15-2-4-16(5-3-15)20(21,22)23)12-19(28)26-10-8-25(9-11-26)18-7-6-17(13-24-18)27(29)30/h2-7,13-14H,8-12H2,1H3. The Balaban J connectivity index is 1.53. The van der Waals surface area contributed by atoms with Crippen LogP contribution in [0, 0.1) is 10.1 Å². The number of halogens is 3. The van der Waals surface area contributed by atoms with Crippen molar-refractivity contribution in [3.8, 4) is 0 Å². The first kappa shape index (κ1) is 21.5. The highest BCUT2D eigenvalue weighted by Gasteiger charge is 2.30. The van der Waals surface area contributed by atoms with Crippen LogP contribution in [0.15, 0.2) is 42.6 Å². The highest BCUT2D eigenvalue weighted by molar-refractivity contribution is 5.77. The van der Waals surface area contributed by atoms with Crippen molar-refractivity contribution in [3.63, 3.8) is 0 Å². The van der Waals surface area contributed by atoms with E-state index >= 15 is 0 Å². The number of pyridine rings is 1. The molecule has 160 valence electrons.